The van der Waals surface area contributed by atoms with Crippen LogP contribution in [-0.4, -0.2) is 77.5 Å². The maximum atomic E-state index is 12.8. The largest absolute Gasteiger partial charge is 0.365 e. The van der Waals surface area contributed by atoms with E-state index in [1.807, 2.05) is 15.9 Å². The highest BCUT2D eigenvalue weighted by atomic mass is 16.5. The Morgan fingerprint density at radius 2 is 2.00 bits per heavy atom. The van der Waals surface area contributed by atoms with E-state index in [4.69, 9.17) is 4.52 Å². The molecule has 3 saturated heterocycles. The van der Waals surface area contributed by atoms with Gasteiger partial charge in [-0.1, -0.05) is 5.16 Å². The first-order valence-corrected chi connectivity index (χ1v) is 8.79. The second kappa shape index (κ2) is 6.20. The van der Waals surface area contributed by atoms with E-state index in [0.717, 1.165) is 44.7 Å². The summed E-state index contributed by atoms with van der Waals surface area (Å²) in [4.78, 5) is 31.1. The maximum absolute atomic E-state index is 12.8. The van der Waals surface area contributed by atoms with Crippen molar-refractivity contribution in [2.45, 2.75) is 31.2 Å². The number of rotatable bonds is 3. The molecule has 2 amide bonds. The van der Waals surface area contributed by atoms with Crippen molar-refractivity contribution in [2.75, 3.05) is 39.8 Å². The summed E-state index contributed by atoms with van der Waals surface area (Å²) in [7, 11) is 2.05. The minimum absolute atomic E-state index is 0.143. The molecule has 4 rings (SSSR count). The number of carbonyl (C=O) groups excluding carboxylic acids is 2. The van der Waals surface area contributed by atoms with Gasteiger partial charge in [-0.3, -0.25) is 9.59 Å². The summed E-state index contributed by atoms with van der Waals surface area (Å²) in [6, 6.07) is 2.21. The highest BCUT2D eigenvalue weighted by Crippen LogP contribution is 2.30. The number of hydrogen-bond donors (Lipinski definition) is 0. The van der Waals surface area contributed by atoms with Crippen LogP contribution in [0.1, 0.15) is 30.9 Å². The third-order valence-electron chi connectivity index (χ3n) is 5.68. The van der Waals surface area contributed by atoms with Gasteiger partial charge in [-0.05, 0) is 19.9 Å². The summed E-state index contributed by atoms with van der Waals surface area (Å²) in [5.74, 6) is 0.507. The molecule has 0 bridgehead atoms. The number of likely N-dealkylation sites (tertiary alicyclic amines) is 3. The van der Waals surface area contributed by atoms with E-state index in [0.29, 0.717) is 24.9 Å². The van der Waals surface area contributed by atoms with Crippen molar-refractivity contribution in [3.8, 4) is 0 Å². The number of hydrogen-bond acceptors (Lipinski definition) is 5. The fourth-order valence-corrected chi connectivity index (χ4v) is 4.20. The Kier molecular flexibility index (Phi) is 4.04. The van der Waals surface area contributed by atoms with Gasteiger partial charge < -0.3 is 19.2 Å². The van der Waals surface area contributed by atoms with E-state index < -0.39 is 0 Å². The molecule has 24 heavy (non-hydrogen) atoms. The van der Waals surface area contributed by atoms with Gasteiger partial charge in [-0.15, -0.1) is 0 Å². The highest BCUT2D eigenvalue weighted by molar-refractivity contribution is 5.89. The number of likely N-dealkylation sites (N-methyl/N-ethyl adjacent to an activating group) is 1. The van der Waals surface area contributed by atoms with Gasteiger partial charge in [0.15, 0.2) is 0 Å². The van der Waals surface area contributed by atoms with Crippen LogP contribution in [0.25, 0.3) is 0 Å². The third-order valence-corrected chi connectivity index (χ3v) is 5.68. The maximum Gasteiger partial charge on any atom is 0.227 e. The average Bonchev–Trinajstić information content (AvgIpc) is 3.21. The molecule has 4 heterocycles. The molecule has 0 aromatic carbocycles. The van der Waals surface area contributed by atoms with Crippen molar-refractivity contribution in [3.05, 3.63) is 18.0 Å². The van der Waals surface area contributed by atoms with Crippen LogP contribution in [0.15, 0.2) is 16.9 Å². The Hall–Kier alpha value is -1.89. The monoisotopic (exact) mass is 332 g/mol. The van der Waals surface area contributed by atoms with Crippen molar-refractivity contribution in [2.24, 2.45) is 5.92 Å². The summed E-state index contributed by atoms with van der Waals surface area (Å²) < 4.78 is 4.92. The number of carbonyl (C=O) groups is 2. The first kappa shape index (κ1) is 15.6. The molecule has 0 aliphatic carbocycles. The SMILES string of the molecule is CN1CC(N2CC(C(=O)N3CCC(c4ccon4)CC3)CC2=O)C1. The summed E-state index contributed by atoms with van der Waals surface area (Å²) >= 11 is 0. The number of aromatic nitrogens is 1. The summed E-state index contributed by atoms with van der Waals surface area (Å²) in [5.41, 5.74) is 0.985. The predicted molar refractivity (Wildman–Crippen MR) is 86.2 cm³/mol. The lowest BCUT2D eigenvalue weighted by Gasteiger charge is -2.42. The average molecular weight is 332 g/mol. The molecule has 0 saturated carbocycles. The Bertz CT molecular complexity index is 603. The molecular formula is C17H24N4O3. The van der Waals surface area contributed by atoms with E-state index >= 15 is 0 Å². The molecule has 7 nitrogen and oxygen atoms in total. The normalized spacial score (nSPS) is 26.9. The zero-order valence-electron chi connectivity index (χ0n) is 14.1. The molecule has 1 atom stereocenters. The first-order chi connectivity index (χ1) is 11.6. The second-order valence-electron chi connectivity index (χ2n) is 7.35. The van der Waals surface area contributed by atoms with Gasteiger partial charge in [0, 0.05) is 51.1 Å². The van der Waals surface area contributed by atoms with Crippen molar-refractivity contribution in [3.63, 3.8) is 0 Å². The standard InChI is InChI=1S/C17H24N4O3/c1-19-10-14(11-19)21-9-13(8-16(21)22)17(23)20-5-2-12(3-6-20)15-4-7-24-18-15/h4,7,12-14H,2-3,5-6,8-11H2,1H3. The van der Waals surface area contributed by atoms with Gasteiger partial charge >= 0.3 is 0 Å². The van der Waals surface area contributed by atoms with E-state index in [9.17, 15) is 9.59 Å². The van der Waals surface area contributed by atoms with Crippen molar-refractivity contribution < 1.29 is 14.1 Å². The Labute approximate surface area is 141 Å². The van der Waals surface area contributed by atoms with Crippen LogP contribution < -0.4 is 0 Å². The van der Waals surface area contributed by atoms with Crippen molar-refractivity contribution >= 4 is 11.8 Å². The van der Waals surface area contributed by atoms with Gasteiger partial charge in [-0.2, -0.15) is 0 Å². The molecule has 0 radical (unpaired) electrons. The minimum Gasteiger partial charge on any atom is -0.365 e. The fourth-order valence-electron chi connectivity index (χ4n) is 4.20. The lowest BCUT2D eigenvalue weighted by atomic mass is 9.93. The fraction of sp³-hybridized carbons (Fsp3) is 0.706. The molecular weight excluding hydrogens is 308 g/mol. The van der Waals surface area contributed by atoms with Crippen molar-refractivity contribution in [1.29, 1.82) is 0 Å². The number of piperidine rings is 1. The van der Waals surface area contributed by atoms with Gasteiger partial charge in [-0.25, -0.2) is 0 Å². The Balaban J connectivity index is 1.31. The molecule has 1 unspecified atom stereocenters. The second-order valence-corrected chi connectivity index (χ2v) is 7.35. The molecule has 7 heteroatoms. The smallest absolute Gasteiger partial charge is 0.227 e. The minimum atomic E-state index is -0.160. The van der Waals surface area contributed by atoms with Gasteiger partial charge in [0.2, 0.25) is 11.8 Å². The first-order valence-electron chi connectivity index (χ1n) is 8.79. The number of nitrogens with zero attached hydrogens (tertiary/aromatic N) is 4. The van der Waals surface area contributed by atoms with Gasteiger partial charge in [0.05, 0.1) is 17.7 Å². The molecule has 3 aliphatic heterocycles. The lowest BCUT2D eigenvalue weighted by Crippen LogP contribution is -2.58. The summed E-state index contributed by atoms with van der Waals surface area (Å²) in [6.45, 7) is 3.94. The van der Waals surface area contributed by atoms with E-state index in [1.54, 1.807) is 6.26 Å². The third kappa shape index (κ3) is 2.81. The van der Waals surface area contributed by atoms with E-state index in [2.05, 4.69) is 17.1 Å². The van der Waals surface area contributed by atoms with Crippen LogP contribution in [0.4, 0.5) is 0 Å². The zero-order chi connectivity index (χ0) is 16.7. The van der Waals surface area contributed by atoms with Crippen LogP contribution in [0.3, 0.4) is 0 Å². The molecule has 3 fully saturated rings. The lowest BCUT2D eigenvalue weighted by molar-refractivity contribution is -0.136. The Morgan fingerprint density at radius 3 is 2.62 bits per heavy atom. The molecule has 1 aromatic heterocycles. The van der Waals surface area contributed by atoms with Crippen LogP contribution in [0.5, 0.6) is 0 Å². The summed E-state index contributed by atoms with van der Waals surface area (Å²) in [5, 5.41) is 4.01. The predicted octanol–water partition coefficient (Wildman–Crippen LogP) is 0.543. The van der Waals surface area contributed by atoms with Gasteiger partial charge in [0.1, 0.15) is 6.26 Å². The quantitative estimate of drug-likeness (QED) is 0.808. The van der Waals surface area contributed by atoms with E-state index in [-0.39, 0.29) is 17.7 Å². The van der Waals surface area contributed by atoms with Crippen LogP contribution in [0, 0.1) is 5.92 Å². The molecule has 1 aromatic rings. The van der Waals surface area contributed by atoms with Crippen LogP contribution >= 0.6 is 0 Å². The number of amides is 2. The highest BCUT2D eigenvalue weighted by Gasteiger charge is 2.42. The van der Waals surface area contributed by atoms with Gasteiger partial charge in [0.25, 0.3) is 0 Å². The molecule has 130 valence electrons. The molecule has 0 spiro atoms. The molecule has 0 N–H and O–H groups in total. The summed E-state index contributed by atoms with van der Waals surface area (Å²) in [6.07, 6.45) is 3.80. The molecule has 3 aliphatic rings. The van der Waals surface area contributed by atoms with Crippen LogP contribution in [0.2, 0.25) is 0 Å². The zero-order valence-corrected chi connectivity index (χ0v) is 14.1. The topological polar surface area (TPSA) is 69.9 Å². The Morgan fingerprint density at radius 1 is 1.25 bits per heavy atom. The van der Waals surface area contributed by atoms with Crippen molar-refractivity contribution in [1.82, 2.24) is 19.9 Å². The van der Waals surface area contributed by atoms with E-state index in [1.165, 1.54) is 0 Å². The van der Waals surface area contributed by atoms with Crippen LogP contribution in [-0.2, 0) is 9.59 Å².